The summed E-state index contributed by atoms with van der Waals surface area (Å²) in [5.74, 6) is 0.659. The van der Waals surface area contributed by atoms with Crippen molar-refractivity contribution in [1.29, 1.82) is 0 Å². The van der Waals surface area contributed by atoms with Crippen LogP contribution in [0.1, 0.15) is 31.0 Å². The number of ether oxygens (including phenoxy) is 1. The predicted molar refractivity (Wildman–Crippen MR) is 92.7 cm³/mol. The Bertz CT molecular complexity index is 755. The van der Waals surface area contributed by atoms with Crippen LogP contribution in [-0.2, 0) is 10.4 Å². The van der Waals surface area contributed by atoms with Gasteiger partial charge in [0.15, 0.2) is 0 Å². The Morgan fingerprint density at radius 2 is 2.16 bits per heavy atom. The van der Waals surface area contributed by atoms with Crippen LogP contribution in [-0.4, -0.2) is 51.5 Å². The Morgan fingerprint density at radius 3 is 2.80 bits per heavy atom. The number of amides is 1. The minimum absolute atomic E-state index is 0.116. The van der Waals surface area contributed by atoms with E-state index < -0.39 is 5.60 Å². The molecule has 1 saturated heterocycles. The molecule has 25 heavy (non-hydrogen) atoms. The van der Waals surface area contributed by atoms with E-state index in [4.69, 9.17) is 4.74 Å². The molecule has 0 radical (unpaired) electrons. The highest BCUT2D eigenvalue weighted by Crippen LogP contribution is 2.30. The number of nitrogens with zero attached hydrogens (tertiary/aromatic N) is 3. The molecule has 1 atom stereocenters. The van der Waals surface area contributed by atoms with Crippen LogP contribution in [0.3, 0.4) is 0 Å². The summed E-state index contributed by atoms with van der Waals surface area (Å²) >= 11 is 0. The maximum absolute atomic E-state index is 12.6. The third-order valence-corrected chi connectivity index (χ3v) is 4.56. The Labute approximate surface area is 146 Å². The van der Waals surface area contributed by atoms with Crippen molar-refractivity contribution in [2.24, 2.45) is 0 Å². The normalized spacial score (nSPS) is 21.2. The SMILES string of the molecule is COc1ccc(/C(C)=C/C(=O)N2CCCC(O)(c3cn[nH]n3)C2)cc1. The lowest BCUT2D eigenvalue weighted by Gasteiger charge is -2.37. The van der Waals surface area contributed by atoms with Gasteiger partial charge in [0, 0.05) is 12.6 Å². The van der Waals surface area contributed by atoms with Crippen molar-refractivity contribution in [3.8, 4) is 5.75 Å². The molecule has 132 valence electrons. The molecular formula is C18H22N4O3. The van der Waals surface area contributed by atoms with Gasteiger partial charge in [-0.25, -0.2) is 0 Å². The topological polar surface area (TPSA) is 91.3 Å². The lowest BCUT2D eigenvalue weighted by atomic mass is 9.90. The monoisotopic (exact) mass is 342 g/mol. The van der Waals surface area contributed by atoms with Crippen molar-refractivity contribution in [2.75, 3.05) is 20.2 Å². The van der Waals surface area contributed by atoms with Crippen LogP contribution in [0.5, 0.6) is 5.75 Å². The average Bonchev–Trinajstić information content (AvgIpc) is 3.17. The number of piperidine rings is 1. The number of rotatable bonds is 4. The summed E-state index contributed by atoms with van der Waals surface area (Å²) in [6.07, 6.45) is 4.39. The Balaban J connectivity index is 1.73. The third-order valence-electron chi connectivity index (χ3n) is 4.56. The number of likely N-dealkylation sites (tertiary alicyclic amines) is 1. The second kappa shape index (κ2) is 7.06. The van der Waals surface area contributed by atoms with Crippen molar-refractivity contribution in [3.05, 3.63) is 47.8 Å². The van der Waals surface area contributed by atoms with Gasteiger partial charge in [0.1, 0.15) is 17.0 Å². The molecule has 0 bridgehead atoms. The first-order valence-electron chi connectivity index (χ1n) is 8.22. The van der Waals surface area contributed by atoms with Crippen LogP contribution >= 0.6 is 0 Å². The molecule has 2 heterocycles. The zero-order chi connectivity index (χ0) is 17.9. The van der Waals surface area contributed by atoms with E-state index in [2.05, 4.69) is 15.4 Å². The fourth-order valence-corrected chi connectivity index (χ4v) is 3.07. The molecule has 2 aromatic rings. The number of hydrogen-bond acceptors (Lipinski definition) is 5. The summed E-state index contributed by atoms with van der Waals surface area (Å²) in [6.45, 7) is 2.73. The molecule has 0 aliphatic carbocycles. The highest BCUT2D eigenvalue weighted by molar-refractivity contribution is 5.95. The zero-order valence-electron chi connectivity index (χ0n) is 14.4. The second-order valence-electron chi connectivity index (χ2n) is 6.31. The van der Waals surface area contributed by atoms with Gasteiger partial charge in [-0.05, 0) is 43.0 Å². The van der Waals surface area contributed by atoms with E-state index in [9.17, 15) is 9.90 Å². The molecule has 7 nitrogen and oxygen atoms in total. The molecular weight excluding hydrogens is 320 g/mol. The van der Waals surface area contributed by atoms with Crippen LogP contribution in [0.4, 0.5) is 0 Å². The summed E-state index contributed by atoms with van der Waals surface area (Å²) in [5, 5.41) is 21.1. The molecule has 2 N–H and O–H groups in total. The largest absolute Gasteiger partial charge is 0.497 e. The van der Waals surface area contributed by atoms with E-state index in [-0.39, 0.29) is 12.5 Å². The van der Waals surface area contributed by atoms with E-state index in [1.807, 2.05) is 31.2 Å². The van der Waals surface area contributed by atoms with E-state index in [0.717, 1.165) is 16.9 Å². The lowest BCUT2D eigenvalue weighted by Crippen LogP contribution is -2.48. The zero-order valence-corrected chi connectivity index (χ0v) is 14.4. The number of allylic oxidation sites excluding steroid dienone is 1. The number of benzene rings is 1. The van der Waals surface area contributed by atoms with Crippen molar-refractivity contribution in [1.82, 2.24) is 20.3 Å². The molecule has 1 aliphatic heterocycles. The first-order chi connectivity index (χ1) is 12.0. The number of aliphatic hydroxyl groups is 1. The maximum Gasteiger partial charge on any atom is 0.246 e. The number of nitrogens with one attached hydrogen (secondary N) is 1. The van der Waals surface area contributed by atoms with Gasteiger partial charge in [0.05, 0.1) is 19.9 Å². The molecule has 1 aromatic carbocycles. The lowest BCUT2D eigenvalue weighted by molar-refractivity contribution is -0.133. The number of carbonyl (C=O) groups excluding carboxylic acids is 1. The average molecular weight is 342 g/mol. The smallest absolute Gasteiger partial charge is 0.246 e. The van der Waals surface area contributed by atoms with Gasteiger partial charge in [-0.15, -0.1) is 0 Å². The number of carbonyl (C=O) groups is 1. The summed E-state index contributed by atoms with van der Waals surface area (Å²) in [7, 11) is 1.62. The molecule has 1 amide bonds. The molecule has 0 spiro atoms. The highest BCUT2D eigenvalue weighted by Gasteiger charge is 2.38. The molecule has 1 aromatic heterocycles. The highest BCUT2D eigenvalue weighted by atomic mass is 16.5. The maximum atomic E-state index is 12.6. The van der Waals surface area contributed by atoms with Gasteiger partial charge in [-0.2, -0.15) is 15.4 Å². The number of β-amino-alcohol motifs (C(OH)–C–C–N with tert-alkyl or cyclic N) is 1. The van der Waals surface area contributed by atoms with Crippen LogP contribution in [0.2, 0.25) is 0 Å². The minimum atomic E-state index is -1.15. The summed E-state index contributed by atoms with van der Waals surface area (Å²) in [4.78, 5) is 14.3. The molecule has 7 heteroatoms. The Morgan fingerprint density at radius 1 is 1.40 bits per heavy atom. The standard InChI is InChI=1S/C18H22N4O3/c1-13(14-4-6-15(25-2)7-5-14)10-17(23)22-9-3-8-18(24,12-22)16-11-19-21-20-16/h4-7,10-11,24H,3,8-9,12H2,1-2H3,(H,19,20,21)/b13-10+. The fraction of sp³-hybridized carbons (Fsp3) is 0.389. The molecule has 1 fully saturated rings. The van der Waals surface area contributed by atoms with Gasteiger partial charge in [-0.1, -0.05) is 12.1 Å². The number of methoxy groups -OCH3 is 1. The van der Waals surface area contributed by atoms with E-state index in [0.29, 0.717) is 25.1 Å². The van der Waals surface area contributed by atoms with Crippen molar-refractivity contribution in [3.63, 3.8) is 0 Å². The predicted octanol–water partition coefficient (Wildman–Crippen LogP) is 1.73. The molecule has 1 aliphatic rings. The Kier molecular flexibility index (Phi) is 4.85. The molecule has 3 rings (SSSR count). The third kappa shape index (κ3) is 3.71. The second-order valence-corrected chi connectivity index (χ2v) is 6.31. The first kappa shape index (κ1) is 17.2. The number of aromatic amines is 1. The number of aromatic nitrogens is 3. The van der Waals surface area contributed by atoms with Gasteiger partial charge < -0.3 is 14.7 Å². The van der Waals surface area contributed by atoms with Crippen LogP contribution in [0.15, 0.2) is 36.5 Å². The van der Waals surface area contributed by atoms with Gasteiger partial charge in [-0.3, -0.25) is 4.79 Å². The van der Waals surface area contributed by atoms with Crippen LogP contribution in [0.25, 0.3) is 5.57 Å². The van der Waals surface area contributed by atoms with Crippen LogP contribution < -0.4 is 4.74 Å². The minimum Gasteiger partial charge on any atom is -0.497 e. The summed E-state index contributed by atoms with van der Waals surface area (Å²) in [5.41, 5.74) is 1.14. The number of H-pyrrole nitrogens is 1. The Hall–Kier alpha value is -2.67. The van der Waals surface area contributed by atoms with Crippen LogP contribution in [0, 0.1) is 0 Å². The van der Waals surface area contributed by atoms with E-state index in [1.54, 1.807) is 18.1 Å². The summed E-state index contributed by atoms with van der Waals surface area (Å²) in [6, 6.07) is 7.56. The van der Waals surface area contributed by atoms with Gasteiger partial charge in [0.2, 0.25) is 5.91 Å². The molecule has 1 unspecified atom stereocenters. The summed E-state index contributed by atoms with van der Waals surface area (Å²) < 4.78 is 5.15. The molecule has 0 saturated carbocycles. The van der Waals surface area contributed by atoms with Crippen molar-refractivity contribution >= 4 is 11.5 Å². The van der Waals surface area contributed by atoms with E-state index in [1.165, 1.54) is 6.20 Å². The van der Waals surface area contributed by atoms with E-state index >= 15 is 0 Å². The van der Waals surface area contributed by atoms with Crippen molar-refractivity contribution in [2.45, 2.75) is 25.4 Å². The first-order valence-corrected chi connectivity index (χ1v) is 8.22. The quantitative estimate of drug-likeness (QED) is 0.826. The van der Waals surface area contributed by atoms with Crippen molar-refractivity contribution < 1.29 is 14.6 Å². The fourth-order valence-electron chi connectivity index (χ4n) is 3.07. The number of hydrogen-bond donors (Lipinski definition) is 2. The van der Waals surface area contributed by atoms with Gasteiger partial charge in [0.25, 0.3) is 0 Å². The van der Waals surface area contributed by atoms with Gasteiger partial charge >= 0.3 is 0 Å².